The SMILES string of the molecule is CN(C)C1CCN(C2CCC(N)C2)CC1. The molecule has 2 atom stereocenters. The first-order valence-electron chi connectivity index (χ1n) is 6.33. The van der Waals surface area contributed by atoms with Gasteiger partial charge in [-0.1, -0.05) is 0 Å². The Morgan fingerprint density at radius 2 is 1.73 bits per heavy atom. The van der Waals surface area contributed by atoms with E-state index in [0.29, 0.717) is 6.04 Å². The van der Waals surface area contributed by atoms with Crippen molar-refractivity contribution >= 4 is 0 Å². The van der Waals surface area contributed by atoms with E-state index in [1.54, 1.807) is 0 Å². The molecule has 1 saturated carbocycles. The van der Waals surface area contributed by atoms with E-state index in [4.69, 9.17) is 5.73 Å². The molecule has 2 unspecified atom stereocenters. The molecule has 0 aromatic rings. The molecule has 3 nitrogen and oxygen atoms in total. The van der Waals surface area contributed by atoms with E-state index in [0.717, 1.165) is 12.1 Å². The lowest BCUT2D eigenvalue weighted by Gasteiger charge is -2.38. The topological polar surface area (TPSA) is 32.5 Å². The molecule has 1 heterocycles. The summed E-state index contributed by atoms with van der Waals surface area (Å²) in [4.78, 5) is 5.05. The van der Waals surface area contributed by atoms with Gasteiger partial charge < -0.3 is 15.5 Å². The number of piperidine rings is 1. The number of likely N-dealkylation sites (tertiary alicyclic amines) is 1. The van der Waals surface area contributed by atoms with Crippen LogP contribution < -0.4 is 5.73 Å². The van der Waals surface area contributed by atoms with Crippen molar-refractivity contribution in [3.8, 4) is 0 Å². The minimum atomic E-state index is 0.474. The molecule has 1 saturated heterocycles. The van der Waals surface area contributed by atoms with Gasteiger partial charge in [-0.3, -0.25) is 0 Å². The molecule has 1 aliphatic carbocycles. The number of rotatable bonds is 2. The van der Waals surface area contributed by atoms with Crippen molar-refractivity contribution in [3.63, 3.8) is 0 Å². The summed E-state index contributed by atoms with van der Waals surface area (Å²) in [5.41, 5.74) is 5.97. The van der Waals surface area contributed by atoms with E-state index in [1.807, 2.05) is 0 Å². The molecule has 2 rings (SSSR count). The highest BCUT2D eigenvalue weighted by molar-refractivity contribution is 4.88. The fraction of sp³-hybridized carbons (Fsp3) is 1.00. The Morgan fingerprint density at radius 3 is 2.20 bits per heavy atom. The van der Waals surface area contributed by atoms with E-state index in [9.17, 15) is 0 Å². The van der Waals surface area contributed by atoms with Gasteiger partial charge in [0.25, 0.3) is 0 Å². The molecular weight excluding hydrogens is 186 g/mol. The number of nitrogens with two attached hydrogens (primary N) is 1. The van der Waals surface area contributed by atoms with Crippen LogP contribution in [0.3, 0.4) is 0 Å². The predicted molar refractivity (Wildman–Crippen MR) is 63.9 cm³/mol. The van der Waals surface area contributed by atoms with Gasteiger partial charge in [0.05, 0.1) is 0 Å². The minimum absolute atomic E-state index is 0.474. The largest absolute Gasteiger partial charge is 0.328 e. The average Bonchev–Trinajstić information content (AvgIpc) is 2.65. The maximum atomic E-state index is 5.97. The Balaban J connectivity index is 1.78. The smallest absolute Gasteiger partial charge is 0.0113 e. The van der Waals surface area contributed by atoms with Crippen molar-refractivity contribution in [2.24, 2.45) is 5.73 Å². The van der Waals surface area contributed by atoms with Gasteiger partial charge in [-0.05, 0) is 59.3 Å². The van der Waals surface area contributed by atoms with Gasteiger partial charge in [0.15, 0.2) is 0 Å². The van der Waals surface area contributed by atoms with Gasteiger partial charge in [-0.25, -0.2) is 0 Å². The first kappa shape index (κ1) is 11.4. The van der Waals surface area contributed by atoms with Crippen molar-refractivity contribution in [3.05, 3.63) is 0 Å². The highest BCUT2D eigenvalue weighted by Crippen LogP contribution is 2.26. The molecule has 0 amide bonds. The van der Waals surface area contributed by atoms with Crippen LogP contribution in [0.15, 0.2) is 0 Å². The minimum Gasteiger partial charge on any atom is -0.328 e. The maximum absolute atomic E-state index is 5.97. The Bertz CT molecular complexity index is 197. The number of hydrogen-bond donors (Lipinski definition) is 1. The zero-order valence-electron chi connectivity index (χ0n) is 10.2. The van der Waals surface area contributed by atoms with Crippen LogP contribution in [-0.4, -0.2) is 55.1 Å². The summed E-state index contributed by atoms with van der Waals surface area (Å²) in [7, 11) is 4.40. The van der Waals surface area contributed by atoms with Crippen LogP contribution >= 0.6 is 0 Å². The predicted octanol–water partition coefficient (Wildman–Crippen LogP) is 0.892. The van der Waals surface area contributed by atoms with Crippen LogP contribution in [0.4, 0.5) is 0 Å². The molecule has 0 aromatic heterocycles. The molecule has 0 aromatic carbocycles. The molecule has 2 aliphatic rings. The monoisotopic (exact) mass is 211 g/mol. The van der Waals surface area contributed by atoms with Crippen LogP contribution in [0.1, 0.15) is 32.1 Å². The van der Waals surface area contributed by atoms with Gasteiger partial charge in [0.2, 0.25) is 0 Å². The molecule has 2 N–H and O–H groups in total. The van der Waals surface area contributed by atoms with Crippen LogP contribution in [-0.2, 0) is 0 Å². The third-order valence-electron chi connectivity index (χ3n) is 4.19. The lowest BCUT2D eigenvalue weighted by molar-refractivity contribution is 0.109. The summed E-state index contributed by atoms with van der Waals surface area (Å²) in [6.45, 7) is 2.56. The third kappa shape index (κ3) is 2.71. The van der Waals surface area contributed by atoms with Crippen molar-refractivity contribution < 1.29 is 0 Å². The molecular formula is C12H25N3. The van der Waals surface area contributed by atoms with Gasteiger partial charge >= 0.3 is 0 Å². The van der Waals surface area contributed by atoms with E-state index in [-0.39, 0.29) is 0 Å². The van der Waals surface area contributed by atoms with Crippen LogP contribution in [0.25, 0.3) is 0 Å². The second-order valence-electron chi connectivity index (χ2n) is 5.46. The first-order valence-corrected chi connectivity index (χ1v) is 6.33. The zero-order chi connectivity index (χ0) is 10.8. The lowest BCUT2D eigenvalue weighted by atomic mass is 10.0. The maximum Gasteiger partial charge on any atom is 0.0113 e. The van der Waals surface area contributed by atoms with Crippen LogP contribution in [0.5, 0.6) is 0 Å². The fourth-order valence-corrected chi connectivity index (χ4v) is 3.09. The molecule has 88 valence electrons. The summed E-state index contributed by atoms with van der Waals surface area (Å²) >= 11 is 0. The highest BCUT2D eigenvalue weighted by Gasteiger charge is 2.30. The molecule has 3 heteroatoms. The second kappa shape index (κ2) is 4.81. The summed E-state index contributed by atoms with van der Waals surface area (Å²) in [6, 6.07) is 2.07. The number of hydrogen-bond acceptors (Lipinski definition) is 3. The van der Waals surface area contributed by atoms with E-state index in [1.165, 1.54) is 45.2 Å². The summed E-state index contributed by atoms with van der Waals surface area (Å²) in [5.74, 6) is 0. The first-order chi connectivity index (χ1) is 7.16. The summed E-state index contributed by atoms with van der Waals surface area (Å²) in [6.07, 6.45) is 6.45. The molecule has 15 heavy (non-hydrogen) atoms. The Morgan fingerprint density at radius 1 is 1.07 bits per heavy atom. The van der Waals surface area contributed by atoms with E-state index >= 15 is 0 Å². The van der Waals surface area contributed by atoms with Gasteiger partial charge in [-0.2, -0.15) is 0 Å². The van der Waals surface area contributed by atoms with Crippen LogP contribution in [0.2, 0.25) is 0 Å². The van der Waals surface area contributed by atoms with Crippen molar-refractivity contribution in [1.82, 2.24) is 9.80 Å². The Labute approximate surface area is 93.6 Å². The standard InChI is InChI=1S/C12H25N3/c1-14(2)11-5-7-15(8-6-11)12-4-3-10(13)9-12/h10-12H,3-9,13H2,1-2H3. The van der Waals surface area contributed by atoms with E-state index in [2.05, 4.69) is 23.9 Å². The molecule has 1 aliphatic heterocycles. The van der Waals surface area contributed by atoms with Gasteiger partial charge in [0, 0.05) is 18.1 Å². The highest BCUT2D eigenvalue weighted by atomic mass is 15.2. The van der Waals surface area contributed by atoms with E-state index < -0.39 is 0 Å². The molecule has 0 bridgehead atoms. The zero-order valence-corrected chi connectivity index (χ0v) is 10.2. The van der Waals surface area contributed by atoms with Crippen LogP contribution in [0, 0.1) is 0 Å². The normalized spacial score (nSPS) is 35.2. The van der Waals surface area contributed by atoms with Crippen molar-refractivity contribution in [2.75, 3.05) is 27.2 Å². The molecule has 2 fully saturated rings. The fourth-order valence-electron chi connectivity index (χ4n) is 3.09. The third-order valence-corrected chi connectivity index (χ3v) is 4.19. The summed E-state index contributed by atoms with van der Waals surface area (Å²) in [5, 5.41) is 0. The Kier molecular flexibility index (Phi) is 3.65. The lowest BCUT2D eigenvalue weighted by Crippen LogP contribution is -2.45. The summed E-state index contributed by atoms with van der Waals surface area (Å²) < 4.78 is 0. The van der Waals surface area contributed by atoms with Crippen molar-refractivity contribution in [1.29, 1.82) is 0 Å². The van der Waals surface area contributed by atoms with Gasteiger partial charge in [0.1, 0.15) is 0 Å². The van der Waals surface area contributed by atoms with Gasteiger partial charge in [-0.15, -0.1) is 0 Å². The number of nitrogens with zero attached hydrogens (tertiary/aromatic N) is 2. The second-order valence-corrected chi connectivity index (χ2v) is 5.46. The molecule has 0 radical (unpaired) electrons. The Hall–Kier alpha value is -0.120. The molecule has 0 spiro atoms. The quantitative estimate of drug-likeness (QED) is 0.736. The van der Waals surface area contributed by atoms with Crippen molar-refractivity contribution in [2.45, 2.75) is 50.2 Å². The average molecular weight is 211 g/mol.